The summed E-state index contributed by atoms with van der Waals surface area (Å²) >= 11 is 0. The fourth-order valence-electron chi connectivity index (χ4n) is 4.36. The molecule has 1 saturated carbocycles. The number of rotatable bonds is 3. The first-order chi connectivity index (χ1) is 11.6. The Hall–Kier alpha value is -2.05. The van der Waals surface area contributed by atoms with E-state index in [4.69, 9.17) is 0 Å². The minimum absolute atomic E-state index is 0.158. The summed E-state index contributed by atoms with van der Waals surface area (Å²) in [5, 5.41) is 7.40. The van der Waals surface area contributed by atoms with Crippen molar-refractivity contribution in [2.24, 2.45) is 7.05 Å². The normalized spacial score (nSPS) is 20.5. The molecule has 4 amide bonds. The monoisotopic (exact) mass is 331 g/mol. The molecule has 1 N–H and O–H groups in total. The molecular formula is C17H25N5O2. The van der Waals surface area contributed by atoms with Gasteiger partial charge in [0.15, 0.2) is 0 Å². The Morgan fingerprint density at radius 2 is 2.08 bits per heavy atom. The number of aryl methyl sites for hydroxylation is 1. The molecule has 1 aliphatic heterocycles. The smallest absolute Gasteiger partial charge is 0.328 e. The van der Waals surface area contributed by atoms with Gasteiger partial charge < -0.3 is 10.2 Å². The van der Waals surface area contributed by atoms with Gasteiger partial charge in [-0.05, 0) is 37.7 Å². The average molecular weight is 331 g/mol. The zero-order valence-corrected chi connectivity index (χ0v) is 14.3. The number of amides is 4. The molecule has 4 rings (SSSR count). The number of fused-ring (bicyclic) bond motifs is 1. The molecule has 0 radical (unpaired) electrons. The quantitative estimate of drug-likeness (QED) is 0.918. The van der Waals surface area contributed by atoms with E-state index < -0.39 is 0 Å². The first-order valence-corrected chi connectivity index (χ1v) is 9.04. The molecule has 0 aromatic carbocycles. The molecule has 2 aliphatic carbocycles. The molecule has 0 atom stereocenters. The highest BCUT2D eigenvalue weighted by molar-refractivity contribution is 5.95. The maximum Gasteiger partial charge on any atom is 0.328 e. The molecule has 130 valence electrons. The molecule has 0 unspecified atom stereocenters. The summed E-state index contributed by atoms with van der Waals surface area (Å²) in [5.74, 6) is 0. The zero-order chi connectivity index (χ0) is 16.7. The molecule has 1 aromatic rings. The van der Waals surface area contributed by atoms with Crippen LogP contribution in [0.3, 0.4) is 0 Å². The number of urea groups is 2. The second-order valence-electron chi connectivity index (χ2n) is 7.08. The molecule has 0 bridgehead atoms. The van der Waals surface area contributed by atoms with Gasteiger partial charge in [-0.3, -0.25) is 4.68 Å². The lowest BCUT2D eigenvalue weighted by molar-refractivity contribution is 0.141. The number of imide groups is 1. The van der Waals surface area contributed by atoms with Gasteiger partial charge >= 0.3 is 12.1 Å². The molecule has 1 aromatic heterocycles. The van der Waals surface area contributed by atoms with E-state index in [1.807, 2.05) is 16.6 Å². The molecule has 7 heteroatoms. The van der Waals surface area contributed by atoms with E-state index in [1.165, 1.54) is 22.6 Å². The van der Waals surface area contributed by atoms with Gasteiger partial charge in [0.25, 0.3) is 0 Å². The maximum absolute atomic E-state index is 13.0. The van der Waals surface area contributed by atoms with E-state index in [0.29, 0.717) is 19.6 Å². The van der Waals surface area contributed by atoms with E-state index in [0.717, 1.165) is 44.2 Å². The number of carbonyl (C=O) groups is 2. The molecule has 1 saturated heterocycles. The lowest BCUT2D eigenvalue weighted by Crippen LogP contribution is -2.48. The fourth-order valence-corrected chi connectivity index (χ4v) is 4.36. The third-order valence-corrected chi connectivity index (χ3v) is 5.62. The van der Waals surface area contributed by atoms with Gasteiger partial charge in [-0.2, -0.15) is 5.10 Å². The third-order valence-electron chi connectivity index (χ3n) is 5.62. The molecule has 7 nitrogen and oxygen atoms in total. The van der Waals surface area contributed by atoms with Crippen LogP contribution in [0.2, 0.25) is 0 Å². The van der Waals surface area contributed by atoms with Crippen LogP contribution >= 0.6 is 0 Å². The van der Waals surface area contributed by atoms with Crippen LogP contribution in [0.5, 0.6) is 0 Å². The first kappa shape index (κ1) is 15.5. The summed E-state index contributed by atoms with van der Waals surface area (Å²) < 4.78 is 1.97. The second kappa shape index (κ2) is 6.11. The molecule has 3 aliphatic rings. The van der Waals surface area contributed by atoms with Crippen molar-refractivity contribution in [1.29, 1.82) is 0 Å². The van der Waals surface area contributed by atoms with Gasteiger partial charge in [-0.25, -0.2) is 14.5 Å². The van der Waals surface area contributed by atoms with Crippen molar-refractivity contribution in [3.05, 3.63) is 17.0 Å². The summed E-state index contributed by atoms with van der Waals surface area (Å²) in [6.45, 7) is 1.53. The van der Waals surface area contributed by atoms with Crippen molar-refractivity contribution < 1.29 is 9.59 Å². The van der Waals surface area contributed by atoms with Crippen LogP contribution in [-0.4, -0.2) is 50.8 Å². The predicted octanol–water partition coefficient (Wildman–Crippen LogP) is 1.80. The third kappa shape index (κ3) is 2.56. The van der Waals surface area contributed by atoms with Gasteiger partial charge in [0, 0.05) is 31.9 Å². The van der Waals surface area contributed by atoms with Crippen molar-refractivity contribution in [2.45, 2.75) is 57.5 Å². The SMILES string of the molecule is Cn1nc(CN(C(=O)N2CCNC2=O)C2CCCC2)c2c1CCC2. The topological polar surface area (TPSA) is 70.5 Å². The van der Waals surface area contributed by atoms with Crippen molar-refractivity contribution in [3.63, 3.8) is 0 Å². The van der Waals surface area contributed by atoms with Crippen LogP contribution in [0.1, 0.15) is 49.1 Å². The van der Waals surface area contributed by atoms with Gasteiger partial charge in [-0.1, -0.05) is 12.8 Å². The minimum atomic E-state index is -0.269. The summed E-state index contributed by atoms with van der Waals surface area (Å²) in [7, 11) is 1.99. The van der Waals surface area contributed by atoms with Crippen LogP contribution in [-0.2, 0) is 26.4 Å². The number of carbonyl (C=O) groups excluding carboxylic acids is 2. The highest BCUT2D eigenvalue weighted by Gasteiger charge is 2.36. The summed E-state index contributed by atoms with van der Waals surface area (Å²) in [6.07, 6.45) is 7.65. The van der Waals surface area contributed by atoms with Crippen molar-refractivity contribution >= 4 is 12.1 Å². The standard InChI is InChI=1S/C17H25N5O2/c1-20-15-8-4-7-13(15)14(19-20)11-22(12-5-2-3-6-12)17(24)21-10-9-18-16(21)23/h12H,2-11H2,1H3,(H,18,23). The van der Waals surface area contributed by atoms with Crippen LogP contribution in [0, 0.1) is 0 Å². The van der Waals surface area contributed by atoms with Crippen LogP contribution in [0.4, 0.5) is 9.59 Å². The van der Waals surface area contributed by atoms with Gasteiger partial charge in [0.1, 0.15) is 0 Å². The Balaban J connectivity index is 1.60. The number of aromatic nitrogens is 2. The molecular weight excluding hydrogens is 306 g/mol. The molecule has 2 fully saturated rings. The van der Waals surface area contributed by atoms with Crippen LogP contribution < -0.4 is 5.32 Å². The van der Waals surface area contributed by atoms with E-state index in [2.05, 4.69) is 10.4 Å². The number of nitrogens with zero attached hydrogens (tertiary/aromatic N) is 4. The van der Waals surface area contributed by atoms with E-state index in [-0.39, 0.29) is 18.1 Å². The van der Waals surface area contributed by atoms with E-state index in [9.17, 15) is 9.59 Å². The maximum atomic E-state index is 13.0. The Morgan fingerprint density at radius 1 is 1.29 bits per heavy atom. The molecule has 24 heavy (non-hydrogen) atoms. The molecule has 0 spiro atoms. The first-order valence-electron chi connectivity index (χ1n) is 9.04. The van der Waals surface area contributed by atoms with Crippen LogP contribution in [0.25, 0.3) is 0 Å². The fraction of sp³-hybridized carbons (Fsp3) is 0.706. The Kier molecular flexibility index (Phi) is 3.94. The highest BCUT2D eigenvalue weighted by atomic mass is 16.2. The van der Waals surface area contributed by atoms with Gasteiger partial charge in [0.05, 0.1) is 12.2 Å². The Labute approximate surface area is 142 Å². The average Bonchev–Trinajstić information content (AvgIpc) is 3.32. The Bertz CT molecular complexity index is 662. The van der Waals surface area contributed by atoms with E-state index in [1.54, 1.807) is 0 Å². The lowest BCUT2D eigenvalue weighted by Gasteiger charge is -2.31. The summed E-state index contributed by atoms with van der Waals surface area (Å²) in [6, 6.07) is -0.200. The number of nitrogens with one attached hydrogen (secondary N) is 1. The number of hydrogen-bond acceptors (Lipinski definition) is 3. The highest BCUT2D eigenvalue weighted by Crippen LogP contribution is 2.30. The van der Waals surface area contributed by atoms with Crippen molar-refractivity contribution in [3.8, 4) is 0 Å². The predicted molar refractivity (Wildman–Crippen MR) is 88.5 cm³/mol. The van der Waals surface area contributed by atoms with Gasteiger partial charge in [0.2, 0.25) is 0 Å². The van der Waals surface area contributed by atoms with Gasteiger partial charge in [-0.15, -0.1) is 0 Å². The van der Waals surface area contributed by atoms with Crippen LogP contribution in [0.15, 0.2) is 0 Å². The largest absolute Gasteiger partial charge is 0.336 e. The zero-order valence-electron chi connectivity index (χ0n) is 14.3. The summed E-state index contributed by atoms with van der Waals surface area (Å²) in [4.78, 5) is 28.2. The summed E-state index contributed by atoms with van der Waals surface area (Å²) in [5.41, 5.74) is 3.65. The minimum Gasteiger partial charge on any atom is -0.336 e. The number of hydrogen-bond donors (Lipinski definition) is 1. The lowest BCUT2D eigenvalue weighted by atomic mass is 10.1. The van der Waals surface area contributed by atoms with Crippen molar-refractivity contribution in [2.75, 3.05) is 13.1 Å². The Morgan fingerprint density at radius 3 is 2.79 bits per heavy atom. The second-order valence-corrected chi connectivity index (χ2v) is 7.08. The van der Waals surface area contributed by atoms with Crippen molar-refractivity contribution in [1.82, 2.24) is 24.9 Å². The molecule has 2 heterocycles. The van der Waals surface area contributed by atoms with E-state index >= 15 is 0 Å².